The number of benzene rings is 1. The normalized spacial score (nSPS) is 11.8. The third kappa shape index (κ3) is 4.23. The number of carbonyl (C=O) groups excluding carboxylic acids is 2. The predicted octanol–water partition coefficient (Wildman–Crippen LogP) is 3.39. The van der Waals surface area contributed by atoms with Gasteiger partial charge in [0.25, 0.3) is 0 Å². The van der Waals surface area contributed by atoms with Gasteiger partial charge in [-0.15, -0.1) is 0 Å². The molecule has 6 nitrogen and oxygen atoms in total. The zero-order valence-electron chi connectivity index (χ0n) is 16.8. The van der Waals surface area contributed by atoms with Gasteiger partial charge >= 0.3 is 0 Å². The number of amides is 1. The van der Waals surface area contributed by atoms with Gasteiger partial charge in [0, 0.05) is 30.5 Å². The van der Waals surface area contributed by atoms with E-state index in [0.717, 1.165) is 10.9 Å². The number of aromatic nitrogens is 2. The summed E-state index contributed by atoms with van der Waals surface area (Å²) in [4.78, 5) is 27.1. The largest absolute Gasteiger partial charge is 0.497 e. The van der Waals surface area contributed by atoms with E-state index in [4.69, 9.17) is 4.74 Å². The quantitative estimate of drug-likeness (QED) is 0.742. The van der Waals surface area contributed by atoms with E-state index < -0.39 is 5.41 Å². The minimum atomic E-state index is -0.551. The first-order valence-corrected chi connectivity index (χ1v) is 8.88. The lowest BCUT2D eigenvalue weighted by atomic mass is 9.88. The highest BCUT2D eigenvalue weighted by molar-refractivity contribution is 6.08. The summed E-state index contributed by atoms with van der Waals surface area (Å²) in [7, 11) is 3.38. The molecular formula is C20H29N3O3. The molecule has 26 heavy (non-hydrogen) atoms. The molecule has 0 saturated heterocycles. The average Bonchev–Trinajstić information content (AvgIpc) is 2.90. The van der Waals surface area contributed by atoms with Crippen molar-refractivity contribution in [1.82, 2.24) is 14.7 Å². The van der Waals surface area contributed by atoms with Crippen molar-refractivity contribution >= 4 is 22.6 Å². The lowest BCUT2D eigenvalue weighted by Gasteiger charge is -2.19. The molecule has 0 fully saturated rings. The van der Waals surface area contributed by atoms with Crippen LogP contribution in [0.1, 0.15) is 45.1 Å². The molecule has 0 unspecified atom stereocenters. The monoisotopic (exact) mass is 359 g/mol. The van der Waals surface area contributed by atoms with Crippen LogP contribution in [0.5, 0.6) is 5.75 Å². The van der Waals surface area contributed by atoms with Crippen molar-refractivity contribution in [2.24, 2.45) is 11.3 Å². The Kier molecular flexibility index (Phi) is 5.74. The second kappa shape index (κ2) is 7.48. The van der Waals surface area contributed by atoms with Gasteiger partial charge in [-0.25, -0.2) is 0 Å². The standard InChI is InChI=1S/C20H29N3O3/c1-13(2)11-22(6)17(24)12-23-16-10-14(26-7)8-9-15(16)18(21-23)19(25)20(3,4)5/h8-10,13H,11-12H2,1-7H3. The van der Waals surface area contributed by atoms with Crippen molar-refractivity contribution in [2.45, 2.75) is 41.2 Å². The van der Waals surface area contributed by atoms with Crippen LogP contribution in [0.2, 0.25) is 0 Å². The second-order valence-corrected chi connectivity index (χ2v) is 8.14. The summed E-state index contributed by atoms with van der Waals surface area (Å²) in [6.07, 6.45) is 0. The number of Topliss-reactive ketones (excluding diaryl/α,β-unsaturated/α-hetero) is 1. The molecule has 2 rings (SSSR count). The molecule has 6 heteroatoms. The number of ketones is 1. The van der Waals surface area contributed by atoms with E-state index in [2.05, 4.69) is 18.9 Å². The van der Waals surface area contributed by atoms with E-state index in [1.165, 1.54) is 0 Å². The Morgan fingerprint density at radius 3 is 2.46 bits per heavy atom. The Hall–Kier alpha value is -2.37. The first-order valence-electron chi connectivity index (χ1n) is 8.88. The zero-order chi connectivity index (χ0) is 19.6. The van der Waals surface area contributed by atoms with Gasteiger partial charge in [0.05, 0.1) is 12.6 Å². The second-order valence-electron chi connectivity index (χ2n) is 8.14. The smallest absolute Gasteiger partial charge is 0.244 e. The third-order valence-corrected chi connectivity index (χ3v) is 4.20. The van der Waals surface area contributed by atoms with Crippen molar-refractivity contribution in [3.05, 3.63) is 23.9 Å². The number of nitrogens with zero attached hydrogens (tertiary/aromatic N) is 3. The molecule has 0 atom stereocenters. The van der Waals surface area contributed by atoms with Crippen molar-refractivity contribution in [1.29, 1.82) is 0 Å². The Morgan fingerprint density at radius 2 is 1.92 bits per heavy atom. The molecule has 0 saturated carbocycles. The van der Waals surface area contributed by atoms with E-state index in [9.17, 15) is 9.59 Å². The fourth-order valence-corrected chi connectivity index (χ4v) is 2.82. The van der Waals surface area contributed by atoms with Crippen molar-refractivity contribution in [3.8, 4) is 5.75 Å². The van der Waals surface area contributed by atoms with Gasteiger partial charge in [0.2, 0.25) is 5.91 Å². The minimum absolute atomic E-state index is 0.0410. The summed E-state index contributed by atoms with van der Waals surface area (Å²) in [5.74, 6) is 0.961. The zero-order valence-corrected chi connectivity index (χ0v) is 16.8. The summed E-state index contributed by atoms with van der Waals surface area (Å²) < 4.78 is 6.91. The molecule has 0 aliphatic carbocycles. The van der Waals surface area contributed by atoms with E-state index in [1.54, 1.807) is 29.8 Å². The molecule has 1 heterocycles. The Morgan fingerprint density at radius 1 is 1.27 bits per heavy atom. The number of hydrogen-bond donors (Lipinski definition) is 0. The van der Waals surface area contributed by atoms with E-state index in [0.29, 0.717) is 23.9 Å². The molecule has 0 aliphatic heterocycles. The van der Waals surface area contributed by atoms with E-state index in [1.807, 2.05) is 32.9 Å². The molecule has 1 aromatic heterocycles. The maximum atomic E-state index is 12.8. The molecule has 0 radical (unpaired) electrons. The first-order chi connectivity index (χ1) is 12.0. The van der Waals surface area contributed by atoms with Gasteiger partial charge < -0.3 is 9.64 Å². The van der Waals surface area contributed by atoms with Crippen LogP contribution in [0.25, 0.3) is 10.9 Å². The number of likely N-dealkylation sites (N-methyl/N-ethyl adjacent to an activating group) is 1. The number of fused-ring (bicyclic) bond motifs is 1. The van der Waals surface area contributed by atoms with Crippen LogP contribution in [-0.2, 0) is 11.3 Å². The van der Waals surface area contributed by atoms with Crippen LogP contribution in [-0.4, -0.2) is 47.1 Å². The van der Waals surface area contributed by atoms with Crippen molar-refractivity contribution in [3.63, 3.8) is 0 Å². The van der Waals surface area contributed by atoms with Gasteiger partial charge in [0.1, 0.15) is 18.0 Å². The number of methoxy groups -OCH3 is 1. The molecule has 0 spiro atoms. The van der Waals surface area contributed by atoms with Gasteiger partial charge in [0.15, 0.2) is 5.78 Å². The fraction of sp³-hybridized carbons (Fsp3) is 0.550. The average molecular weight is 359 g/mol. The molecule has 0 N–H and O–H groups in total. The fourth-order valence-electron chi connectivity index (χ4n) is 2.82. The van der Waals surface area contributed by atoms with Gasteiger partial charge in [-0.1, -0.05) is 34.6 Å². The minimum Gasteiger partial charge on any atom is -0.497 e. The summed E-state index contributed by atoms with van der Waals surface area (Å²) in [6, 6.07) is 5.46. The summed E-state index contributed by atoms with van der Waals surface area (Å²) >= 11 is 0. The van der Waals surface area contributed by atoms with Gasteiger partial charge in [-0.3, -0.25) is 14.3 Å². The molecule has 2 aromatic rings. The number of carbonyl (C=O) groups is 2. The Bertz CT molecular complexity index is 816. The third-order valence-electron chi connectivity index (χ3n) is 4.20. The number of rotatable bonds is 6. The SMILES string of the molecule is COc1ccc2c(C(=O)C(C)(C)C)nn(CC(=O)N(C)CC(C)C)c2c1. The van der Waals surface area contributed by atoms with Crippen LogP contribution in [0.4, 0.5) is 0 Å². The Labute approximate surface area is 155 Å². The summed E-state index contributed by atoms with van der Waals surface area (Å²) in [5, 5.41) is 5.24. The van der Waals surface area contributed by atoms with Gasteiger partial charge in [-0.2, -0.15) is 5.10 Å². The van der Waals surface area contributed by atoms with Crippen LogP contribution < -0.4 is 4.74 Å². The molecule has 0 aliphatic rings. The first kappa shape index (κ1) is 19.9. The van der Waals surface area contributed by atoms with Crippen molar-refractivity contribution in [2.75, 3.05) is 20.7 Å². The summed E-state index contributed by atoms with van der Waals surface area (Å²) in [6.45, 7) is 10.5. The van der Waals surface area contributed by atoms with Crippen LogP contribution in [0.3, 0.4) is 0 Å². The molecule has 1 amide bonds. The molecule has 142 valence electrons. The van der Waals surface area contributed by atoms with Crippen molar-refractivity contribution < 1.29 is 14.3 Å². The van der Waals surface area contributed by atoms with Crippen LogP contribution in [0, 0.1) is 11.3 Å². The van der Waals surface area contributed by atoms with Crippen LogP contribution in [0.15, 0.2) is 18.2 Å². The van der Waals surface area contributed by atoms with E-state index >= 15 is 0 Å². The highest BCUT2D eigenvalue weighted by Gasteiger charge is 2.28. The lowest BCUT2D eigenvalue weighted by Crippen LogP contribution is -2.33. The van der Waals surface area contributed by atoms with E-state index in [-0.39, 0.29) is 18.2 Å². The topological polar surface area (TPSA) is 64.4 Å². The Balaban J connectivity index is 2.48. The molecule has 0 bridgehead atoms. The highest BCUT2D eigenvalue weighted by Crippen LogP contribution is 2.29. The molecular weight excluding hydrogens is 330 g/mol. The highest BCUT2D eigenvalue weighted by atomic mass is 16.5. The van der Waals surface area contributed by atoms with Gasteiger partial charge in [-0.05, 0) is 18.1 Å². The maximum Gasteiger partial charge on any atom is 0.244 e. The predicted molar refractivity (Wildman–Crippen MR) is 103 cm³/mol. The summed E-state index contributed by atoms with van der Waals surface area (Å²) in [5.41, 5.74) is 0.572. The maximum absolute atomic E-state index is 12.8. The molecule has 1 aromatic carbocycles. The lowest BCUT2D eigenvalue weighted by molar-refractivity contribution is -0.131. The number of hydrogen-bond acceptors (Lipinski definition) is 4. The number of ether oxygens (including phenoxy) is 1. The van der Waals surface area contributed by atoms with Crippen LogP contribution >= 0.6 is 0 Å².